The predicted molar refractivity (Wildman–Crippen MR) is 138 cm³/mol. The zero-order chi connectivity index (χ0) is 25.0. The average molecular weight is 478 g/mol. The number of carbonyl (C=O) groups is 1. The fourth-order valence-corrected chi connectivity index (χ4v) is 4.68. The van der Waals surface area contributed by atoms with Gasteiger partial charge in [0.1, 0.15) is 28.8 Å². The molecular weight excluding hydrogens is 454 g/mol. The lowest BCUT2D eigenvalue weighted by Crippen LogP contribution is -2.07. The maximum absolute atomic E-state index is 12.5. The van der Waals surface area contributed by atoms with Crippen LogP contribution in [0.5, 0.6) is 5.75 Å². The minimum absolute atomic E-state index is 0.115. The standard InChI is InChI=1S/C29H23N3O4/c1-16-8-9-24(35-18(3)19-10-12-32-13-11-30-25(32)14-19)26-21(29(33)34)15-22(31-27(16)26)28-17(2)20-6-4-5-7-23(20)36-28/h4-15,18H,1-3H3,(H,33,34). The molecule has 0 amide bonds. The first-order valence-corrected chi connectivity index (χ1v) is 11.7. The number of fused-ring (bicyclic) bond motifs is 3. The summed E-state index contributed by atoms with van der Waals surface area (Å²) in [5.74, 6) is -0.0314. The summed E-state index contributed by atoms with van der Waals surface area (Å²) < 4.78 is 14.4. The lowest BCUT2D eigenvalue weighted by molar-refractivity contribution is 0.0698. The third-order valence-electron chi connectivity index (χ3n) is 6.63. The number of hydrogen-bond donors (Lipinski definition) is 1. The van der Waals surface area contributed by atoms with Crippen LogP contribution in [0.15, 0.2) is 77.6 Å². The number of aromatic nitrogens is 3. The molecule has 0 saturated heterocycles. The van der Waals surface area contributed by atoms with Gasteiger partial charge in [-0.25, -0.2) is 14.8 Å². The van der Waals surface area contributed by atoms with E-state index in [1.165, 1.54) is 0 Å². The summed E-state index contributed by atoms with van der Waals surface area (Å²) in [5, 5.41) is 11.6. The van der Waals surface area contributed by atoms with E-state index in [4.69, 9.17) is 14.1 Å². The Kier molecular flexibility index (Phi) is 5.00. The number of rotatable bonds is 5. The van der Waals surface area contributed by atoms with E-state index in [1.807, 2.05) is 86.1 Å². The number of para-hydroxylation sites is 1. The van der Waals surface area contributed by atoms with Crippen LogP contribution >= 0.6 is 0 Å². The number of nitrogens with zero attached hydrogens (tertiary/aromatic N) is 3. The second kappa shape index (κ2) is 8.23. The van der Waals surface area contributed by atoms with Crippen LogP contribution in [-0.4, -0.2) is 25.4 Å². The van der Waals surface area contributed by atoms with E-state index in [2.05, 4.69) is 4.98 Å². The molecule has 1 unspecified atom stereocenters. The molecule has 0 bridgehead atoms. The largest absolute Gasteiger partial charge is 0.485 e. The van der Waals surface area contributed by atoms with Crippen molar-refractivity contribution in [1.29, 1.82) is 0 Å². The fourth-order valence-electron chi connectivity index (χ4n) is 4.68. The molecule has 1 atom stereocenters. The second-order valence-corrected chi connectivity index (χ2v) is 8.93. The third kappa shape index (κ3) is 3.48. The van der Waals surface area contributed by atoms with Gasteiger partial charge in [-0.1, -0.05) is 24.3 Å². The average Bonchev–Trinajstić information content (AvgIpc) is 3.49. The Bertz CT molecular complexity index is 1800. The molecule has 0 aliphatic carbocycles. The van der Waals surface area contributed by atoms with Gasteiger partial charge in [-0.05, 0) is 62.2 Å². The molecule has 2 aromatic carbocycles. The van der Waals surface area contributed by atoms with Crippen LogP contribution in [0.1, 0.15) is 40.1 Å². The van der Waals surface area contributed by atoms with Crippen LogP contribution in [0.3, 0.4) is 0 Å². The van der Waals surface area contributed by atoms with Gasteiger partial charge in [0.25, 0.3) is 0 Å². The summed E-state index contributed by atoms with van der Waals surface area (Å²) in [6, 6.07) is 16.9. The molecule has 4 heterocycles. The van der Waals surface area contributed by atoms with Gasteiger partial charge in [-0.2, -0.15) is 0 Å². The molecule has 178 valence electrons. The zero-order valence-corrected chi connectivity index (χ0v) is 20.0. The Balaban J connectivity index is 1.49. The maximum atomic E-state index is 12.5. The summed E-state index contributed by atoms with van der Waals surface area (Å²) >= 11 is 0. The molecule has 7 heteroatoms. The number of carboxylic acid groups (broad SMARTS) is 1. The lowest BCUT2D eigenvalue weighted by atomic mass is 10.0. The van der Waals surface area contributed by atoms with E-state index in [1.54, 1.807) is 12.3 Å². The number of ether oxygens (including phenoxy) is 1. The first-order valence-electron chi connectivity index (χ1n) is 11.7. The number of imidazole rings is 1. The summed E-state index contributed by atoms with van der Waals surface area (Å²) in [5.41, 5.74) is 5.41. The van der Waals surface area contributed by atoms with Gasteiger partial charge in [0.15, 0.2) is 5.76 Å². The highest BCUT2D eigenvalue weighted by atomic mass is 16.5. The third-order valence-corrected chi connectivity index (χ3v) is 6.63. The summed E-state index contributed by atoms with van der Waals surface area (Å²) in [6.07, 6.45) is 5.21. The second-order valence-electron chi connectivity index (χ2n) is 8.93. The molecule has 0 aliphatic rings. The molecule has 36 heavy (non-hydrogen) atoms. The molecular formula is C29H23N3O4. The number of furan rings is 1. The Morgan fingerprint density at radius 2 is 1.92 bits per heavy atom. The summed E-state index contributed by atoms with van der Waals surface area (Å²) in [7, 11) is 0. The van der Waals surface area contributed by atoms with Crippen molar-refractivity contribution in [2.24, 2.45) is 0 Å². The van der Waals surface area contributed by atoms with Crippen molar-refractivity contribution in [2.75, 3.05) is 0 Å². The molecule has 0 aliphatic heterocycles. The molecule has 6 rings (SSSR count). The van der Waals surface area contributed by atoms with Crippen molar-refractivity contribution in [1.82, 2.24) is 14.4 Å². The molecule has 0 fully saturated rings. The normalized spacial score (nSPS) is 12.4. The van der Waals surface area contributed by atoms with Crippen molar-refractivity contribution in [3.05, 3.63) is 95.4 Å². The molecule has 1 N–H and O–H groups in total. The van der Waals surface area contributed by atoms with Crippen LogP contribution < -0.4 is 4.74 Å². The number of carboxylic acids is 1. The molecule has 6 aromatic rings. The van der Waals surface area contributed by atoms with Gasteiger partial charge in [-0.15, -0.1) is 0 Å². The van der Waals surface area contributed by atoms with Crippen LogP contribution in [-0.2, 0) is 0 Å². The van der Waals surface area contributed by atoms with E-state index in [-0.39, 0.29) is 11.7 Å². The molecule has 7 nitrogen and oxygen atoms in total. The van der Waals surface area contributed by atoms with E-state index in [0.717, 1.165) is 33.3 Å². The van der Waals surface area contributed by atoms with Gasteiger partial charge in [0.05, 0.1) is 16.5 Å². The minimum Gasteiger partial charge on any atom is -0.485 e. The van der Waals surface area contributed by atoms with Crippen LogP contribution in [0.2, 0.25) is 0 Å². The number of aromatic carboxylic acids is 1. The van der Waals surface area contributed by atoms with Crippen molar-refractivity contribution in [3.8, 4) is 17.2 Å². The highest BCUT2D eigenvalue weighted by Crippen LogP contribution is 2.38. The Labute approximate surface area is 206 Å². The molecule has 0 saturated carbocycles. The monoisotopic (exact) mass is 477 g/mol. The Morgan fingerprint density at radius 3 is 2.72 bits per heavy atom. The van der Waals surface area contributed by atoms with Gasteiger partial charge >= 0.3 is 5.97 Å². The SMILES string of the molecule is Cc1c(-c2cc(C(=O)O)c3c(OC(C)c4ccn5ccnc5c4)ccc(C)c3n2)oc2ccccc12. The van der Waals surface area contributed by atoms with Gasteiger partial charge in [0.2, 0.25) is 0 Å². The van der Waals surface area contributed by atoms with E-state index in [0.29, 0.717) is 28.1 Å². The van der Waals surface area contributed by atoms with E-state index >= 15 is 0 Å². The van der Waals surface area contributed by atoms with Gasteiger partial charge in [0, 0.05) is 29.5 Å². The predicted octanol–water partition coefficient (Wildman–Crippen LogP) is 6.75. The molecule has 4 aromatic heterocycles. The van der Waals surface area contributed by atoms with E-state index < -0.39 is 5.97 Å². The van der Waals surface area contributed by atoms with Crippen molar-refractivity contribution in [2.45, 2.75) is 26.9 Å². The van der Waals surface area contributed by atoms with E-state index in [9.17, 15) is 9.90 Å². The lowest BCUT2D eigenvalue weighted by Gasteiger charge is -2.19. The maximum Gasteiger partial charge on any atom is 0.336 e. The fraction of sp³-hybridized carbons (Fsp3) is 0.138. The van der Waals surface area contributed by atoms with Crippen LogP contribution in [0.25, 0.3) is 39.0 Å². The smallest absolute Gasteiger partial charge is 0.336 e. The molecule has 0 radical (unpaired) electrons. The van der Waals surface area contributed by atoms with Gasteiger partial charge in [-0.3, -0.25) is 0 Å². The zero-order valence-electron chi connectivity index (χ0n) is 20.0. The summed E-state index contributed by atoms with van der Waals surface area (Å²) in [6.45, 7) is 5.80. The highest BCUT2D eigenvalue weighted by molar-refractivity contribution is 6.07. The van der Waals surface area contributed by atoms with Crippen molar-refractivity contribution >= 4 is 33.5 Å². The highest BCUT2D eigenvalue weighted by Gasteiger charge is 2.22. The quantitative estimate of drug-likeness (QED) is 0.295. The van der Waals surface area contributed by atoms with Crippen LogP contribution in [0, 0.1) is 13.8 Å². The number of benzene rings is 2. The molecule has 0 spiro atoms. The number of aryl methyl sites for hydroxylation is 2. The topological polar surface area (TPSA) is 89.9 Å². The van der Waals surface area contributed by atoms with Crippen molar-refractivity contribution < 1.29 is 19.1 Å². The Morgan fingerprint density at radius 1 is 1.08 bits per heavy atom. The summed E-state index contributed by atoms with van der Waals surface area (Å²) in [4.78, 5) is 21.7. The first kappa shape index (κ1) is 21.9. The Hall–Kier alpha value is -4.65. The van der Waals surface area contributed by atoms with Crippen LogP contribution in [0.4, 0.5) is 0 Å². The first-order chi connectivity index (χ1) is 17.4. The van der Waals surface area contributed by atoms with Gasteiger partial charge < -0.3 is 18.7 Å². The minimum atomic E-state index is -1.06. The number of pyridine rings is 2. The number of hydrogen-bond acceptors (Lipinski definition) is 5. The van der Waals surface area contributed by atoms with Crippen molar-refractivity contribution in [3.63, 3.8) is 0 Å².